The normalized spacial score (nSPS) is 11.9. The second-order valence-electron chi connectivity index (χ2n) is 4.30. The molecule has 1 amide bonds. The highest BCUT2D eigenvalue weighted by atomic mass is 19.1. The lowest BCUT2D eigenvalue weighted by atomic mass is 10.0. The number of carbonyl (C=O) groups excluding carboxylic acids is 1. The predicted octanol–water partition coefficient (Wildman–Crippen LogP) is 2.50. The van der Waals surface area contributed by atoms with E-state index >= 15 is 0 Å². The average molecular weight is 295 g/mol. The topological polar surface area (TPSA) is 79.5 Å². The van der Waals surface area contributed by atoms with Crippen molar-refractivity contribution in [2.24, 2.45) is 0 Å². The van der Waals surface area contributed by atoms with Gasteiger partial charge >= 0.3 is 5.97 Å². The molecule has 1 atom stereocenters. The SMILES string of the molecule is O=C(O)CC(NC(=O)c1ccoc1)c1ccc(F)cc1F. The Morgan fingerprint density at radius 2 is 2.05 bits per heavy atom. The Balaban J connectivity index is 2.25. The van der Waals surface area contributed by atoms with Gasteiger partial charge in [0.1, 0.15) is 17.9 Å². The molecule has 0 radical (unpaired) electrons. The van der Waals surface area contributed by atoms with Gasteiger partial charge in [-0.05, 0) is 12.1 Å². The molecule has 2 rings (SSSR count). The predicted molar refractivity (Wildman–Crippen MR) is 67.5 cm³/mol. The number of hydrogen-bond acceptors (Lipinski definition) is 3. The van der Waals surface area contributed by atoms with Crippen molar-refractivity contribution in [2.75, 3.05) is 0 Å². The van der Waals surface area contributed by atoms with Crippen molar-refractivity contribution >= 4 is 11.9 Å². The van der Waals surface area contributed by atoms with E-state index in [0.717, 1.165) is 12.1 Å². The average Bonchev–Trinajstić information content (AvgIpc) is 2.91. The molecule has 2 aromatic rings. The number of rotatable bonds is 5. The van der Waals surface area contributed by atoms with E-state index in [0.29, 0.717) is 6.07 Å². The Labute approximate surface area is 118 Å². The highest BCUT2D eigenvalue weighted by molar-refractivity contribution is 5.94. The summed E-state index contributed by atoms with van der Waals surface area (Å²) in [6.45, 7) is 0. The summed E-state index contributed by atoms with van der Waals surface area (Å²) < 4.78 is 31.4. The first-order valence-electron chi connectivity index (χ1n) is 5.97. The van der Waals surface area contributed by atoms with Gasteiger partial charge in [-0.3, -0.25) is 9.59 Å². The van der Waals surface area contributed by atoms with E-state index in [2.05, 4.69) is 5.32 Å². The van der Waals surface area contributed by atoms with Crippen LogP contribution in [0.2, 0.25) is 0 Å². The molecule has 0 fully saturated rings. The fraction of sp³-hybridized carbons (Fsp3) is 0.143. The number of amides is 1. The smallest absolute Gasteiger partial charge is 0.305 e. The number of aliphatic carboxylic acids is 1. The van der Waals surface area contributed by atoms with Crippen LogP contribution in [0.25, 0.3) is 0 Å². The molecular formula is C14H11F2NO4. The zero-order valence-corrected chi connectivity index (χ0v) is 10.7. The van der Waals surface area contributed by atoms with E-state index < -0.39 is 36.0 Å². The summed E-state index contributed by atoms with van der Waals surface area (Å²) in [7, 11) is 0. The zero-order chi connectivity index (χ0) is 15.4. The highest BCUT2D eigenvalue weighted by Gasteiger charge is 2.22. The van der Waals surface area contributed by atoms with Gasteiger partial charge in [-0.25, -0.2) is 8.78 Å². The highest BCUT2D eigenvalue weighted by Crippen LogP contribution is 2.22. The lowest BCUT2D eigenvalue weighted by molar-refractivity contribution is -0.137. The minimum absolute atomic E-state index is 0.101. The van der Waals surface area contributed by atoms with Gasteiger partial charge in [-0.1, -0.05) is 6.07 Å². The number of carbonyl (C=O) groups is 2. The Morgan fingerprint density at radius 3 is 2.62 bits per heavy atom. The first kappa shape index (κ1) is 14.7. The third-order valence-electron chi connectivity index (χ3n) is 2.81. The van der Waals surface area contributed by atoms with Crippen LogP contribution in [0.15, 0.2) is 41.2 Å². The molecule has 5 nitrogen and oxygen atoms in total. The number of carboxylic acids is 1. The Hall–Kier alpha value is -2.70. The molecule has 0 aliphatic rings. The van der Waals surface area contributed by atoms with Gasteiger partial charge in [0.2, 0.25) is 0 Å². The summed E-state index contributed by atoms with van der Waals surface area (Å²) in [6, 6.07) is 3.00. The molecule has 0 bridgehead atoms. The molecule has 1 aromatic carbocycles. The molecule has 1 aromatic heterocycles. The van der Waals surface area contributed by atoms with Crippen molar-refractivity contribution in [3.63, 3.8) is 0 Å². The monoisotopic (exact) mass is 295 g/mol. The van der Waals surface area contributed by atoms with Crippen molar-refractivity contribution in [1.82, 2.24) is 5.32 Å². The third-order valence-corrected chi connectivity index (χ3v) is 2.81. The summed E-state index contributed by atoms with van der Waals surface area (Å²) in [4.78, 5) is 22.8. The minimum atomic E-state index is -1.23. The summed E-state index contributed by atoms with van der Waals surface area (Å²) in [5.74, 6) is -3.55. The van der Waals surface area contributed by atoms with Crippen molar-refractivity contribution in [3.05, 3.63) is 59.6 Å². The van der Waals surface area contributed by atoms with Crippen LogP contribution in [0.4, 0.5) is 8.78 Å². The number of nitrogens with one attached hydrogen (secondary N) is 1. The minimum Gasteiger partial charge on any atom is -0.481 e. The van der Waals surface area contributed by atoms with E-state index in [4.69, 9.17) is 9.52 Å². The molecule has 2 N–H and O–H groups in total. The van der Waals surface area contributed by atoms with Gasteiger partial charge in [0, 0.05) is 11.6 Å². The van der Waals surface area contributed by atoms with Gasteiger partial charge in [0.15, 0.2) is 0 Å². The fourth-order valence-corrected chi connectivity index (χ4v) is 1.83. The van der Waals surface area contributed by atoms with Crippen molar-refractivity contribution in [3.8, 4) is 0 Å². The van der Waals surface area contributed by atoms with E-state index in [1.54, 1.807) is 0 Å². The zero-order valence-electron chi connectivity index (χ0n) is 10.7. The summed E-state index contributed by atoms with van der Waals surface area (Å²) in [6.07, 6.45) is 1.92. The molecule has 0 spiro atoms. The molecule has 0 aliphatic heterocycles. The van der Waals surface area contributed by atoms with Gasteiger partial charge < -0.3 is 14.8 Å². The van der Waals surface area contributed by atoms with Crippen molar-refractivity contribution in [1.29, 1.82) is 0 Å². The molecule has 1 unspecified atom stereocenters. The van der Waals surface area contributed by atoms with Crippen LogP contribution in [0.5, 0.6) is 0 Å². The van der Waals surface area contributed by atoms with Crippen LogP contribution in [-0.2, 0) is 4.79 Å². The molecule has 21 heavy (non-hydrogen) atoms. The lowest BCUT2D eigenvalue weighted by Gasteiger charge is -2.17. The van der Waals surface area contributed by atoms with E-state index in [9.17, 15) is 18.4 Å². The first-order valence-corrected chi connectivity index (χ1v) is 5.97. The van der Waals surface area contributed by atoms with Crippen LogP contribution in [0, 0.1) is 11.6 Å². The Morgan fingerprint density at radius 1 is 1.29 bits per heavy atom. The van der Waals surface area contributed by atoms with E-state index in [1.165, 1.54) is 18.6 Å². The molecule has 0 saturated carbocycles. The van der Waals surface area contributed by atoms with Crippen molar-refractivity contribution in [2.45, 2.75) is 12.5 Å². The number of benzene rings is 1. The van der Waals surface area contributed by atoms with Gasteiger partial charge in [-0.15, -0.1) is 0 Å². The standard InChI is InChI=1S/C14H11F2NO4/c15-9-1-2-10(11(16)5-9)12(6-13(18)19)17-14(20)8-3-4-21-7-8/h1-5,7,12H,6H2,(H,17,20)(H,18,19). The molecule has 0 aliphatic carbocycles. The summed E-state index contributed by atoms with van der Waals surface area (Å²) >= 11 is 0. The lowest BCUT2D eigenvalue weighted by Crippen LogP contribution is -2.30. The fourth-order valence-electron chi connectivity index (χ4n) is 1.83. The number of furan rings is 1. The molecule has 1 heterocycles. The van der Waals surface area contributed by atoms with Crippen molar-refractivity contribution < 1.29 is 27.9 Å². The van der Waals surface area contributed by atoms with Gasteiger partial charge in [0.05, 0.1) is 24.3 Å². The van der Waals surface area contributed by atoms with Gasteiger partial charge in [-0.2, -0.15) is 0 Å². The second kappa shape index (κ2) is 6.17. The van der Waals surface area contributed by atoms with Crippen LogP contribution >= 0.6 is 0 Å². The number of halogens is 2. The number of carboxylic acid groups (broad SMARTS) is 1. The summed E-state index contributed by atoms with van der Waals surface area (Å²) in [5, 5.41) is 11.3. The van der Waals surface area contributed by atoms with Crippen LogP contribution in [0.3, 0.4) is 0 Å². The molecule has 110 valence electrons. The Bertz CT molecular complexity index is 655. The Kier molecular flexibility index (Phi) is 4.32. The third kappa shape index (κ3) is 3.65. The maximum absolute atomic E-state index is 13.7. The van der Waals surface area contributed by atoms with Crippen LogP contribution < -0.4 is 5.32 Å². The quantitative estimate of drug-likeness (QED) is 0.888. The van der Waals surface area contributed by atoms with Crippen LogP contribution in [-0.4, -0.2) is 17.0 Å². The van der Waals surface area contributed by atoms with E-state index in [-0.39, 0.29) is 11.1 Å². The largest absolute Gasteiger partial charge is 0.481 e. The molecule has 7 heteroatoms. The summed E-state index contributed by atoms with van der Waals surface area (Å²) in [5.41, 5.74) is 0.0727. The molecular weight excluding hydrogens is 284 g/mol. The maximum atomic E-state index is 13.7. The second-order valence-corrected chi connectivity index (χ2v) is 4.30. The maximum Gasteiger partial charge on any atom is 0.305 e. The molecule has 0 saturated heterocycles. The van der Waals surface area contributed by atoms with Crippen LogP contribution in [0.1, 0.15) is 28.4 Å². The van der Waals surface area contributed by atoms with Gasteiger partial charge in [0.25, 0.3) is 5.91 Å². The first-order chi connectivity index (χ1) is 9.97. The van der Waals surface area contributed by atoms with E-state index in [1.807, 2.05) is 0 Å². The number of hydrogen-bond donors (Lipinski definition) is 2.